The van der Waals surface area contributed by atoms with Crippen molar-refractivity contribution in [2.24, 2.45) is 10.1 Å². The molecule has 1 amide bonds. The van der Waals surface area contributed by atoms with Gasteiger partial charge in [0.25, 0.3) is 5.91 Å². The number of ether oxygens (including phenoxy) is 1. The van der Waals surface area contributed by atoms with E-state index in [1.807, 2.05) is 35.0 Å². The summed E-state index contributed by atoms with van der Waals surface area (Å²) in [4.78, 5) is 17.5. The number of amides is 1. The van der Waals surface area contributed by atoms with Gasteiger partial charge in [0.05, 0.1) is 22.8 Å². The Kier molecular flexibility index (Phi) is 5.11. The van der Waals surface area contributed by atoms with E-state index >= 15 is 0 Å². The molecule has 168 valence electrons. The summed E-state index contributed by atoms with van der Waals surface area (Å²) in [6.07, 6.45) is 1.88. The number of hydrogen-bond donors (Lipinski definition) is 1. The second-order valence-corrected chi connectivity index (χ2v) is 9.25. The van der Waals surface area contributed by atoms with Gasteiger partial charge in [0.2, 0.25) is 4.80 Å². The fourth-order valence-corrected chi connectivity index (χ4v) is 5.13. The molecule has 7 heteroatoms. The molecule has 1 aromatic heterocycles. The number of benzene rings is 3. The minimum atomic E-state index is -0.152. The van der Waals surface area contributed by atoms with Crippen molar-refractivity contribution in [1.82, 2.24) is 4.68 Å². The zero-order valence-electron chi connectivity index (χ0n) is 18.6. The van der Waals surface area contributed by atoms with Crippen molar-refractivity contribution in [3.05, 3.63) is 93.6 Å². The number of carbonyl (C=O) groups excluding carboxylic acids is 1. The molecule has 2 heterocycles. The molecule has 6 nitrogen and oxygen atoms in total. The Labute approximate surface area is 200 Å². The van der Waals surface area contributed by atoms with Crippen LogP contribution in [-0.4, -0.2) is 22.9 Å². The molecule has 6 rings (SSSR count). The van der Waals surface area contributed by atoms with E-state index in [0.29, 0.717) is 11.4 Å². The average Bonchev–Trinajstić information content (AvgIpc) is 3.44. The lowest BCUT2D eigenvalue weighted by Gasteiger charge is -2.18. The molecule has 1 N–H and O–H groups in total. The number of aromatic nitrogens is 1. The van der Waals surface area contributed by atoms with Gasteiger partial charge < -0.3 is 10.1 Å². The van der Waals surface area contributed by atoms with Gasteiger partial charge in [0.1, 0.15) is 5.75 Å². The number of thiazole rings is 1. The van der Waals surface area contributed by atoms with Gasteiger partial charge >= 0.3 is 0 Å². The second-order valence-electron chi connectivity index (χ2n) is 8.41. The SMILES string of the molecule is Cc1ccc(N=c2scc(-c3ccc4c(c3)NC(=O)CO4)n2N=C2CCc3ccccc32)cc1. The summed E-state index contributed by atoms with van der Waals surface area (Å²) in [6, 6.07) is 22.4. The first-order valence-corrected chi connectivity index (χ1v) is 12.1. The van der Waals surface area contributed by atoms with Crippen LogP contribution < -0.4 is 14.9 Å². The Balaban J connectivity index is 1.51. The van der Waals surface area contributed by atoms with Crippen LogP contribution in [0.3, 0.4) is 0 Å². The number of rotatable bonds is 3. The van der Waals surface area contributed by atoms with Crippen LogP contribution in [-0.2, 0) is 11.2 Å². The first-order valence-electron chi connectivity index (χ1n) is 11.2. The lowest BCUT2D eigenvalue weighted by molar-refractivity contribution is -0.118. The van der Waals surface area contributed by atoms with E-state index in [0.717, 1.165) is 40.3 Å². The number of hydrogen-bond acceptors (Lipinski definition) is 5. The third-order valence-electron chi connectivity index (χ3n) is 6.03. The summed E-state index contributed by atoms with van der Waals surface area (Å²) in [6.45, 7) is 2.10. The Bertz CT molecular complexity index is 1510. The van der Waals surface area contributed by atoms with Gasteiger partial charge in [0, 0.05) is 16.5 Å². The van der Waals surface area contributed by atoms with E-state index in [4.69, 9.17) is 14.8 Å². The molecule has 0 atom stereocenters. The van der Waals surface area contributed by atoms with Crippen molar-refractivity contribution >= 4 is 34.3 Å². The highest BCUT2D eigenvalue weighted by molar-refractivity contribution is 7.07. The molecule has 1 aliphatic carbocycles. The quantitative estimate of drug-likeness (QED) is 0.446. The number of carbonyl (C=O) groups is 1. The van der Waals surface area contributed by atoms with Crippen LogP contribution in [0.25, 0.3) is 11.3 Å². The molecule has 4 aromatic rings. The van der Waals surface area contributed by atoms with Gasteiger partial charge in [-0.1, -0.05) is 42.0 Å². The monoisotopic (exact) mass is 466 g/mol. The zero-order chi connectivity index (χ0) is 23.1. The van der Waals surface area contributed by atoms with E-state index in [2.05, 4.69) is 54.0 Å². The third kappa shape index (κ3) is 3.84. The van der Waals surface area contributed by atoms with E-state index < -0.39 is 0 Å². The number of anilines is 1. The maximum Gasteiger partial charge on any atom is 0.262 e. The predicted octanol–water partition coefficient (Wildman–Crippen LogP) is 5.29. The molecular weight excluding hydrogens is 444 g/mol. The Morgan fingerprint density at radius 1 is 1.03 bits per heavy atom. The minimum Gasteiger partial charge on any atom is -0.482 e. The molecule has 0 bridgehead atoms. The number of nitrogens with one attached hydrogen (secondary N) is 1. The van der Waals surface area contributed by atoms with Crippen molar-refractivity contribution in [1.29, 1.82) is 0 Å². The fraction of sp³-hybridized carbons (Fsp3) is 0.148. The molecule has 3 aromatic carbocycles. The summed E-state index contributed by atoms with van der Waals surface area (Å²) in [5, 5.41) is 10.1. The molecule has 1 aliphatic heterocycles. The molecule has 0 saturated carbocycles. The summed E-state index contributed by atoms with van der Waals surface area (Å²) in [5.41, 5.74) is 8.16. The van der Waals surface area contributed by atoms with Crippen molar-refractivity contribution in [2.45, 2.75) is 19.8 Å². The maximum absolute atomic E-state index is 11.8. The van der Waals surface area contributed by atoms with Crippen molar-refractivity contribution in [2.75, 3.05) is 11.9 Å². The number of nitrogens with zero attached hydrogens (tertiary/aromatic N) is 3. The third-order valence-corrected chi connectivity index (χ3v) is 6.85. The van der Waals surface area contributed by atoms with Gasteiger partial charge in [-0.3, -0.25) is 4.79 Å². The summed E-state index contributed by atoms with van der Waals surface area (Å²) >= 11 is 1.54. The molecule has 34 heavy (non-hydrogen) atoms. The van der Waals surface area contributed by atoms with E-state index in [9.17, 15) is 4.79 Å². The van der Waals surface area contributed by atoms with Crippen molar-refractivity contribution in [3.8, 4) is 17.0 Å². The van der Waals surface area contributed by atoms with Gasteiger partial charge in [-0.2, -0.15) is 5.10 Å². The van der Waals surface area contributed by atoms with Crippen LogP contribution in [0.15, 0.2) is 82.2 Å². The topological polar surface area (TPSA) is 68.0 Å². The van der Waals surface area contributed by atoms with E-state index in [1.165, 1.54) is 16.7 Å². The van der Waals surface area contributed by atoms with Crippen LogP contribution >= 0.6 is 11.3 Å². The van der Waals surface area contributed by atoms with Gasteiger partial charge in [0.15, 0.2) is 6.61 Å². The minimum absolute atomic E-state index is 0.0391. The standard InChI is InChI=1S/C27H22N4O2S/c1-17-6-10-20(11-7-17)28-27-31(30-22-12-8-18-4-2-3-5-21(18)22)24(16-34-27)19-9-13-25-23(14-19)29-26(32)15-33-25/h2-7,9-11,13-14,16H,8,12,15H2,1H3,(H,29,32). The normalized spacial score (nSPS) is 16.2. The molecule has 0 fully saturated rings. The first kappa shape index (κ1) is 20.6. The van der Waals surface area contributed by atoms with Crippen LogP contribution in [0.4, 0.5) is 11.4 Å². The average molecular weight is 467 g/mol. The molecule has 0 unspecified atom stereocenters. The first-order chi connectivity index (χ1) is 16.6. The Morgan fingerprint density at radius 2 is 1.88 bits per heavy atom. The van der Waals surface area contributed by atoms with E-state index in [-0.39, 0.29) is 12.5 Å². The molecule has 0 saturated heterocycles. The fourth-order valence-electron chi connectivity index (χ4n) is 4.28. The highest BCUT2D eigenvalue weighted by Gasteiger charge is 2.20. The Hall–Kier alpha value is -3.97. The van der Waals surface area contributed by atoms with Crippen LogP contribution in [0.5, 0.6) is 5.75 Å². The largest absolute Gasteiger partial charge is 0.482 e. The summed E-state index contributed by atoms with van der Waals surface area (Å²) < 4.78 is 7.46. The molecule has 0 radical (unpaired) electrons. The van der Waals surface area contributed by atoms with Crippen molar-refractivity contribution < 1.29 is 9.53 Å². The summed E-state index contributed by atoms with van der Waals surface area (Å²) in [7, 11) is 0. The maximum atomic E-state index is 11.8. The van der Waals surface area contributed by atoms with E-state index in [1.54, 1.807) is 11.3 Å². The van der Waals surface area contributed by atoms with Crippen molar-refractivity contribution in [3.63, 3.8) is 0 Å². The number of fused-ring (bicyclic) bond motifs is 2. The van der Waals surface area contributed by atoms with Crippen LogP contribution in [0, 0.1) is 6.92 Å². The zero-order valence-corrected chi connectivity index (χ0v) is 19.4. The van der Waals surface area contributed by atoms with Gasteiger partial charge in [-0.25, -0.2) is 9.67 Å². The lowest BCUT2D eigenvalue weighted by atomic mass is 10.1. The highest BCUT2D eigenvalue weighted by Crippen LogP contribution is 2.33. The highest BCUT2D eigenvalue weighted by atomic mass is 32.1. The summed E-state index contributed by atoms with van der Waals surface area (Å²) in [5.74, 6) is 0.520. The molecular formula is C27H22N4O2S. The second kappa shape index (κ2) is 8.43. The predicted molar refractivity (Wildman–Crippen MR) is 135 cm³/mol. The molecule has 0 spiro atoms. The number of aryl methyl sites for hydroxylation is 2. The van der Waals surface area contributed by atoms with Crippen LogP contribution in [0.1, 0.15) is 23.1 Å². The molecule has 2 aliphatic rings. The Morgan fingerprint density at radius 3 is 2.76 bits per heavy atom. The van der Waals surface area contributed by atoms with Crippen LogP contribution in [0.2, 0.25) is 0 Å². The van der Waals surface area contributed by atoms with Gasteiger partial charge in [-0.15, -0.1) is 11.3 Å². The smallest absolute Gasteiger partial charge is 0.262 e. The lowest BCUT2D eigenvalue weighted by Crippen LogP contribution is -2.25. The van der Waals surface area contributed by atoms with Gasteiger partial charge in [-0.05, 0) is 55.7 Å².